The van der Waals surface area contributed by atoms with Gasteiger partial charge in [-0.05, 0) is 75.7 Å². The third-order valence-corrected chi connectivity index (χ3v) is 8.18. The van der Waals surface area contributed by atoms with E-state index in [0.29, 0.717) is 26.0 Å². The smallest absolute Gasteiger partial charge is 0.348 e. The molecule has 1 rings (SSSR count). The molecule has 1 aliphatic rings. The van der Waals surface area contributed by atoms with Crippen molar-refractivity contribution in [2.24, 2.45) is 0 Å². The van der Waals surface area contributed by atoms with Gasteiger partial charge in [0.05, 0.1) is 25.9 Å². The Morgan fingerprint density at radius 1 is 0.851 bits per heavy atom. The second kappa shape index (κ2) is 27.5. The van der Waals surface area contributed by atoms with Gasteiger partial charge in [0.15, 0.2) is 0 Å². The summed E-state index contributed by atoms with van der Waals surface area (Å²) in [7, 11) is 0. The average Bonchev–Trinajstić information content (AvgIpc) is 3.07. The van der Waals surface area contributed by atoms with E-state index >= 15 is 0 Å². The number of nitrogens with zero attached hydrogens (tertiary/aromatic N) is 4. The fourth-order valence-electron chi connectivity index (χ4n) is 5.19. The average molecular weight is 655 g/mol. The number of hydrogen-bond acceptors (Lipinski definition) is 10. The van der Waals surface area contributed by atoms with Crippen molar-refractivity contribution in [3.05, 3.63) is 47.9 Å². The van der Waals surface area contributed by atoms with Gasteiger partial charge in [-0.15, -0.1) is 0 Å². The van der Waals surface area contributed by atoms with Gasteiger partial charge in [0.25, 0.3) is 0 Å². The van der Waals surface area contributed by atoms with Gasteiger partial charge >= 0.3 is 11.9 Å². The normalized spacial score (nSPS) is 15.1. The van der Waals surface area contributed by atoms with E-state index in [-0.39, 0.29) is 36.5 Å². The Labute approximate surface area is 283 Å². The quantitative estimate of drug-likeness (QED) is 0.0382. The zero-order valence-corrected chi connectivity index (χ0v) is 28.8. The number of carbonyl (C=O) groups excluding carboxylic acids is 2. The molecule has 0 bridgehead atoms. The van der Waals surface area contributed by atoms with Crippen LogP contribution in [0.2, 0.25) is 0 Å². The summed E-state index contributed by atoms with van der Waals surface area (Å²) in [4.78, 5) is 28.5. The van der Waals surface area contributed by atoms with Crippen LogP contribution in [0.25, 0.3) is 0 Å². The lowest BCUT2D eigenvalue weighted by Gasteiger charge is -2.28. The minimum atomic E-state index is -0.607. The van der Waals surface area contributed by atoms with Crippen molar-refractivity contribution in [2.75, 3.05) is 39.5 Å². The third kappa shape index (κ3) is 20.3. The highest BCUT2D eigenvalue weighted by atomic mass is 16.5. The number of nitriles is 2. The fraction of sp³-hybridized carbons (Fsp3) is 0.676. The molecule has 0 saturated carbocycles. The minimum Gasteiger partial charge on any atom is -0.462 e. The minimum absolute atomic E-state index is 0.00109. The highest BCUT2D eigenvalue weighted by Crippen LogP contribution is 2.14. The first kappa shape index (κ1) is 41.4. The number of allylic oxidation sites excluding steroid dienone is 4. The van der Waals surface area contributed by atoms with Crippen molar-refractivity contribution in [3.8, 4) is 12.1 Å². The summed E-state index contributed by atoms with van der Waals surface area (Å²) in [5.74, 6) is -1.21. The van der Waals surface area contributed by atoms with Crippen LogP contribution < -0.4 is 0 Å². The van der Waals surface area contributed by atoms with Crippen LogP contribution in [0.3, 0.4) is 0 Å². The molecule has 1 unspecified atom stereocenters. The number of aliphatic hydroxyl groups excluding tert-OH is 2. The molecular formula is C37H58N4O6. The Kier molecular flexibility index (Phi) is 24.2. The van der Waals surface area contributed by atoms with E-state index in [1.807, 2.05) is 29.4 Å². The highest BCUT2D eigenvalue weighted by molar-refractivity contribution is 5.93. The molecule has 10 nitrogen and oxygen atoms in total. The number of ether oxygens (including phenoxy) is 2. The molecule has 1 atom stereocenters. The highest BCUT2D eigenvalue weighted by Gasteiger charge is 2.14. The second-order valence-corrected chi connectivity index (χ2v) is 12.1. The van der Waals surface area contributed by atoms with Crippen molar-refractivity contribution < 1.29 is 29.3 Å². The number of aliphatic hydroxyl groups is 2. The number of esters is 2. The first-order valence-electron chi connectivity index (χ1n) is 17.6. The molecule has 47 heavy (non-hydrogen) atoms. The van der Waals surface area contributed by atoms with E-state index < -0.39 is 11.9 Å². The first-order valence-corrected chi connectivity index (χ1v) is 17.6. The monoisotopic (exact) mass is 654 g/mol. The van der Waals surface area contributed by atoms with Crippen molar-refractivity contribution >= 4 is 11.9 Å². The molecule has 2 N–H and O–H groups in total. The van der Waals surface area contributed by atoms with Gasteiger partial charge in [-0.2, -0.15) is 10.5 Å². The van der Waals surface area contributed by atoms with E-state index in [4.69, 9.17) is 9.47 Å². The number of hydrogen-bond donors (Lipinski definition) is 2. The Hall–Kier alpha value is -3.60. The van der Waals surface area contributed by atoms with Gasteiger partial charge < -0.3 is 29.5 Å². The zero-order valence-electron chi connectivity index (χ0n) is 28.8. The van der Waals surface area contributed by atoms with Crippen LogP contribution in [0.15, 0.2) is 47.9 Å². The lowest BCUT2D eigenvalue weighted by Crippen LogP contribution is -2.31. The molecule has 1 saturated heterocycles. The molecule has 0 amide bonds. The Morgan fingerprint density at radius 3 is 1.89 bits per heavy atom. The van der Waals surface area contributed by atoms with Gasteiger partial charge in [0, 0.05) is 25.7 Å². The summed E-state index contributed by atoms with van der Waals surface area (Å²) in [6, 6.07) is 4.01. The molecule has 1 fully saturated rings. The Morgan fingerprint density at radius 2 is 1.36 bits per heavy atom. The molecule has 1 heterocycles. The summed E-state index contributed by atoms with van der Waals surface area (Å²) in [5.41, 5.74) is -0.0656. The number of rotatable bonds is 25. The molecule has 0 aromatic carbocycles. The topological polar surface area (TPSA) is 147 Å². The van der Waals surface area contributed by atoms with Crippen LogP contribution in [0.1, 0.15) is 110 Å². The molecule has 0 aromatic heterocycles. The van der Waals surface area contributed by atoms with E-state index in [1.165, 1.54) is 31.4 Å². The maximum absolute atomic E-state index is 12.2. The standard InChI is InChI=1S/C37H58N4O6/c1-3-4-5-6-10-13-28-47-37(45)34(31-39)19-16-23-41(26-27-42)32(2)17-12-9-7-8-11-14-29-46-36(44)33(30-38)18-15-22-40-24-20-35(43)21-25-40/h15-16,18-19,22-23,32,35,42-43H,3-14,17,20-21,24-29H2,1-2H3. The lowest BCUT2D eigenvalue weighted by atomic mass is 10.1. The summed E-state index contributed by atoms with van der Waals surface area (Å²) in [6.45, 7) is 6.82. The Bertz CT molecular complexity index is 1080. The lowest BCUT2D eigenvalue weighted by molar-refractivity contribution is -0.139. The van der Waals surface area contributed by atoms with E-state index in [9.17, 15) is 30.3 Å². The van der Waals surface area contributed by atoms with Gasteiger partial charge in [0.1, 0.15) is 23.3 Å². The molecule has 10 heteroatoms. The van der Waals surface area contributed by atoms with Crippen molar-refractivity contribution in [1.82, 2.24) is 9.80 Å². The number of unbranched alkanes of at least 4 members (excludes halogenated alkanes) is 10. The molecular weight excluding hydrogens is 596 g/mol. The van der Waals surface area contributed by atoms with E-state index in [1.54, 1.807) is 12.2 Å². The van der Waals surface area contributed by atoms with Gasteiger partial charge in [0.2, 0.25) is 0 Å². The summed E-state index contributed by atoms with van der Waals surface area (Å²) in [6.07, 6.45) is 24.4. The van der Waals surface area contributed by atoms with E-state index in [2.05, 4.69) is 18.7 Å². The van der Waals surface area contributed by atoms with Crippen LogP contribution in [0, 0.1) is 22.7 Å². The molecule has 0 aromatic rings. The number of piperidine rings is 1. The predicted octanol–water partition coefficient (Wildman–Crippen LogP) is 6.23. The number of likely N-dealkylation sites (tertiary alicyclic amines) is 1. The summed E-state index contributed by atoms with van der Waals surface area (Å²) < 4.78 is 10.5. The van der Waals surface area contributed by atoms with Crippen molar-refractivity contribution in [1.29, 1.82) is 10.5 Å². The molecule has 0 aliphatic carbocycles. The molecule has 0 spiro atoms. The predicted molar refractivity (Wildman–Crippen MR) is 183 cm³/mol. The zero-order chi connectivity index (χ0) is 34.5. The van der Waals surface area contributed by atoms with Crippen molar-refractivity contribution in [3.63, 3.8) is 0 Å². The maximum Gasteiger partial charge on any atom is 0.348 e. The maximum atomic E-state index is 12.2. The van der Waals surface area contributed by atoms with Gasteiger partial charge in [-0.25, -0.2) is 9.59 Å². The van der Waals surface area contributed by atoms with Gasteiger partial charge in [-0.3, -0.25) is 0 Å². The van der Waals surface area contributed by atoms with Crippen LogP contribution in [0.4, 0.5) is 0 Å². The van der Waals surface area contributed by atoms with Gasteiger partial charge in [-0.1, -0.05) is 71.1 Å². The first-order chi connectivity index (χ1) is 22.9. The fourth-order valence-corrected chi connectivity index (χ4v) is 5.19. The van der Waals surface area contributed by atoms with Crippen LogP contribution in [0.5, 0.6) is 0 Å². The summed E-state index contributed by atoms with van der Waals surface area (Å²) >= 11 is 0. The third-order valence-electron chi connectivity index (χ3n) is 8.18. The SMILES string of the molecule is CCCCCCCCOC(=O)C(C#N)=CC=CN(CCO)C(C)CCCCCCCCOC(=O)C(C#N)=CC=CN1CCC(O)CC1. The number of carbonyl (C=O) groups is 2. The van der Waals surface area contributed by atoms with Crippen LogP contribution in [-0.4, -0.2) is 83.6 Å². The van der Waals surface area contributed by atoms with E-state index in [0.717, 1.165) is 77.3 Å². The second-order valence-electron chi connectivity index (χ2n) is 12.1. The Balaban J connectivity index is 2.27. The molecule has 262 valence electrons. The van der Waals surface area contributed by atoms with Crippen LogP contribution >= 0.6 is 0 Å². The molecule has 1 aliphatic heterocycles. The van der Waals surface area contributed by atoms with Crippen LogP contribution in [-0.2, 0) is 19.1 Å². The molecule has 0 radical (unpaired) electrons. The largest absolute Gasteiger partial charge is 0.462 e. The summed E-state index contributed by atoms with van der Waals surface area (Å²) in [5, 5.41) is 37.8. The van der Waals surface area contributed by atoms with Crippen molar-refractivity contribution in [2.45, 2.75) is 122 Å².